The van der Waals surface area contributed by atoms with Crippen molar-refractivity contribution in [3.05, 3.63) is 35.0 Å². The number of aromatic nitrogens is 1. The van der Waals surface area contributed by atoms with Gasteiger partial charge in [-0.15, -0.1) is 0 Å². The van der Waals surface area contributed by atoms with Gasteiger partial charge in [-0.3, -0.25) is 4.79 Å². The number of piperidine rings is 2. The number of nitrogens with one attached hydrogen (secondary N) is 2. The van der Waals surface area contributed by atoms with Gasteiger partial charge in [0.2, 0.25) is 0 Å². The summed E-state index contributed by atoms with van der Waals surface area (Å²) in [6.45, 7) is 6.61. The zero-order valence-electron chi connectivity index (χ0n) is 19.9. The third kappa shape index (κ3) is 4.13. The van der Waals surface area contributed by atoms with E-state index in [1.807, 2.05) is 0 Å². The molecule has 8 heteroatoms. The molecule has 1 aliphatic carbocycles. The largest absolute Gasteiger partial charge is 0.469 e. The van der Waals surface area contributed by atoms with Crippen molar-refractivity contribution < 1.29 is 22.7 Å². The molecule has 0 spiro atoms. The Labute approximate surface area is 198 Å². The number of H-pyrrole nitrogens is 1. The third-order valence-electron chi connectivity index (χ3n) is 8.79. The van der Waals surface area contributed by atoms with Crippen LogP contribution in [0.25, 0.3) is 10.9 Å². The van der Waals surface area contributed by atoms with Gasteiger partial charge in [0.15, 0.2) is 0 Å². The van der Waals surface area contributed by atoms with Gasteiger partial charge in [0.25, 0.3) is 0 Å². The maximum absolute atomic E-state index is 13.4. The number of fused-ring (bicyclic) bond motifs is 4. The molecular weight excluding hydrogens is 443 g/mol. The molecule has 2 saturated heterocycles. The second-order valence-corrected chi connectivity index (χ2v) is 10.6. The monoisotopic (exact) mass is 477 g/mol. The lowest BCUT2D eigenvalue weighted by atomic mass is 9.68. The van der Waals surface area contributed by atoms with Crippen molar-refractivity contribution in [2.24, 2.45) is 17.3 Å². The van der Waals surface area contributed by atoms with Crippen molar-refractivity contribution in [3.8, 4) is 0 Å². The van der Waals surface area contributed by atoms with E-state index in [0.29, 0.717) is 17.2 Å². The van der Waals surface area contributed by atoms with E-state index in [-0.39, 0.29) is 11.9 Å². The van der Waals surface area contributed by atoms with E-state index in [2.05, 4.69) is 22.1 Å². The van der Waals surface area contributed by atoms with E-state index in [1.54, 1.807) is 6.07 Å². The number of alkyl halides is 3. The number of carbonyl (C=O) groups is 1. The second kappa shape index (κ2) is 8.86. The van der Waals surface area contributed by atoms with Gasteiger partial charge in [-0.25, -0.2) is 0 Å². The first-order valence-electron chi connectivity index (χ1n) is 12.4. The molecule has 3 aliphatic rings. The van der Waals surface area contributed by atoms with Crippen molar-refractivity contribution in [1.29, 1.82) is 0 Å². The van der Waals surface area contributed by atoms with Crippen LogP contribution in [-0.4, -0.2) is 55.7 Å². The molecule has 2 aromatic rings. The van der Waals surface area contributed by atoms with E-state index >= 15 is 0 Å². The van der Waals surface area contributed by atoms with Crippen LogP contribution in [0.3, 0.4) is 0 Å². The van der Waals surface area contributed by atoms with E-state index in [4.69, 9.17) is 4.74 Å². The van der Waals surface area contributed by atoms with Gasteiger partial charge in [0.05, 0.1) is 18.1 Å². The molecule has 0 bridgehead atoms. The molecule has 186 valence electrons. The maximum Gasteiger partial charge on any atom is 0.416 e. The van der Waals surface area contributed by atoms with Crippen LogP contribution in [0.2, 0.25) is 0 Å². The molecule has 1 aromatic heterocycles. The Morgan fingerprint density at radius 2 is 2.03 bits per heavy atom. The predicted molar refractivity (Wildman–Crippen MR) is 125 cm³/mol. The SMILES string of the molecule is COC(=O)C1(CCN2CC[C@@H]3Cc4[nH]c5ccc(C(F)(F)F)cc5c4[C@H](C)[C@H]3C2)CCNCC1. The summed E-state index contributed by atoms with van der Waals surface area (Å²) in [6.07, 6.45) is 0.0217. The van der Waals surface area contributed by atoms with Crippen molar-refractivity contribution >= 4 is 16.9 Å². The molecule has 0 saturated carbocycles. The van der Waals surface area contributed by atoms with Crippen molar-refractivity contribution in [2.45, 2.75) is 51.1 Å². The fourth-order valence-electron chi connectivity index (χ4n) is 6.78. The van der Waals surface area contributed by atoms with Gasteiger partial charge in [0, 0.05) is 23.1 Å². The Kier molecular flexibility index (Phi) is 6.17. The number of esters is 1. The fraction of sp³-hybridized carbons (Fsp3) is 0.654. The quantitative estimate of drug-likeness (QED) is 0.626. The highest BCUT2D eigenvalue weighted by Gasteiger charge is 2.43. The Hall–Kier alpha value is -2.06. The number of aromatic amines is 1. The second-order valence-electron chi connectivity index (χ2n) is 10.6. The fourth-order valence-corrected chi connectivity index (χ4v) is 6.78. The Morgan fingerprint density at radius 3 is 2.74 bits per heavy atom. The lowest BCUT2D eigenvalue weighted by Gasteiger charge is -2.45. The number of methoxy groups -OCH3 is 1. The minimum absolute atomic E-state index is 0.0983. The predicted octanol–water partition coefficient (Wildman–Crippen LogP) is 4.72. The summed E-state index contributed by atoms with van der Waals surface area (Å²) in [4.78, 5) is 18.5. The minimum Gasteiger partial charge on any atom is -0.469 e. The molecule has 5 nitrogen and oxygen atoms in total. The van der Waals surface area contributed by atoms with Crippen LogP contribution in [0.1, 0.15) is 55.3 Å². The average molecular weight is 478 g/mol. The van der Waals surface area contributed by atoms with Crippen molar-refractivity contribution in [2.75, 3.05) is 39.8 Å². The summed E-state index contributed by atoms with van der Waals surface area (Å²) in [5, 5.41) is 4.05. The number of hydrogen-bond donors (Lipinski definition) is 2. The number of ether oxygens (including phenoxy) is 1. The first kappa shape index (κ1) is 23.7. The number of hydrogen-bond acceptors (Lipinski definition) is 4. The summed E-state index contributed by atoms with van der Waals surface area (Å²) in [7, 11) is 1.48. The summed E-state index contributed by atoms with van der Waals surface area (Å²) in [5.41, 5.74) is 1.97. The van der Waals surface area contributed by atoms with E-state index in [0.717, 1.165) is 81.6 Å². The van der Waals surface area contributed by atoms with Crippen LogP contribution in [0.5, 0.6) is 0 Å². The molecule has 2 aliphatic heterocycles. The molecule has 2 fully saturated rings. The number of carbonyl (C=O) groups excluding carboxylic acids is 1. The van der Waals surface area contributed by atoms with Crippen LogP contribution in [0.4, 0.5) is 13.2 Å². The Morgan fingerprint density at radius 1 is 1.26 bits per heavy atom. The molecule has 3 heterocycles. The number of halogens is 3. The molecule has 3 atom stereocenters. The van der Waals surface area contributed by atoms with Crippen LogP contribution in [0.15, 0.2) is 18.2 Å². The lowest BCUT2D eigenvalue weighted by molar-refractivity contribution is -0.155. The summed E-state index contributed by atoms with van der Waals surface area (Å²) in [5.74, 6) is 1.01. The summed E-state index contributed by atoms with van der Waals surface area (Å²) in [6, 6.07) is 4.06. The van der Waals surface area contributed by atoms with Crippen molar-refractivity contribution in [1.82, 2.24) is 15.2 Å². The van der Waals surface area contributed by atoms with Gasteiger partial charge in [0.1, 0.15) is 0 Å². The minimum atomic E-state index is -4.34. The van der Waals surface area contributed by atoms with E-state index < -0.39 is 17.2 Å². The third-order valence-corrected chi connectivity index (χ3v) is 8.79. The maximum atomic E-state index is 13.4. The summed E-state index contributed by atoms with van der Waals surface area (Å²) < 4.78 is 45.3. The molecule has 34 heavy (non-hydrogen) atoms. The van der Waals surface area contributed by atoms with Gasteiger partial charge in [-0.05, 0) is 99.8 Å². The number of rotatable bonds is 4. The molecule has 0 amide bonds. The first-order chi connectivity index (χ1) is 16.2. The zero-order chi connectivity index (χ0) is 24.1. The molecule has 1 aromatic carbocycles. The first-order valence-corrected chi connectivity index (χ1v) is 12.4. The Balaban J connectivity index is 1.34. The van der Waals surface area contributed by atoms with Crippen LogP contribution in [0, 0.1) is 17.3 Å². The lowest BCUT2D eigenvalue weighted by Crippen LogP contribution is -2.48. The smallest absolute Gasteiger partial charge is 0.416 e. The number of nitrogens with zero attached hydrogens (tertiary/aromatic N) is 1. The zero-order valence-corrected chi connectivity index (χ0v) is 19.9. The standard InChI is InChI=1S/C26H34F3N3O2/c1-16-20-15-32(12-8-25(24(33)34-2)6-9-30-10-7-25)11-5-17(20)13-22-23(16)19-14-18(26(27,28)29)3-4-21(19)31-22/h3-4,14,16-17,20,30-31H,5-13,15H2,1-2H3/t16-,17-,20-/m1/s1. The van der Waals surface area contributed by atoms with Gasteiger partial charge >= 0.3 is 12.1 Å². The highest BCUT2D eigenvalue weighted by Crippen LogP contribution is 2.47. The van der Waals surface area contributed by atoms with Gasteiger partial charge < -0.3 is 19.9 Å². The van der Waals surface area contributed by atoms with Gasteiger partial charge in [-0.2, -0.15) is 13.2 Å². The number of likely N-dealkylation sites (tertiary alicyclic amines) is 1. The highest BCUT2D eigenvalue weighted by molar-refractivity contribution is 5.86. The molecule has 0 radical (unpaired) electrons. The van der Waals surface area contributed by atoms with Crippen molar-refractivity contribution in [3.63, 3.8) is 0 Å². The molecule has 0 unspecified atom stereocenters. The normalized spacial score (nSPS) is 27.3. The molecule has 2 N–H and O–H groups in total. The van der Waals surface area contributed by atoms with Crippen LogP contribution < -0.4 is 5.32 Å². The average Bonchev–Trinajstić information content (AvgIpc) is 3.20. The van der Waals surface area contributed by atoms with E-state index in [1.165, 1.54) is 19.2 Å². The van der Waals surface area contributed by atoms with Gasteiger partial charge in [-0.1, -0.05) is 6.92 Å². The van der Waals surface area contributed by atoms with E-state index in [9.17, 15) is 18.0 Å². The Bertz CT molecular complexity index is 1060. The van der Waals surface area contributed by atoms with Crippen LogP contribution in [-0.2, 0) is 22.1 Å². The summed E-state index contributed by atoms with van der Waals surface area (Å²) >= 11 is 0. The molecular formula is C26H34F3N3O2. The topological polar surface area (TPSA) is 57.4 Å². The number of benzene rings is 1. The van der Waals surface area contributed by atoms with Crippen LogP contribution >= 0.6 is 0 Å². The highest BCUT2D eigenvalue weighted by atomic mass is 19.4. The molecule has 5 rings (SSSR count).